The van der Waals surface area contributed by atoms with Crippen molar-refractivity contribution in [2.24, 2.45) is 23.6 Å². The Kier molecular flexibility index (Phi) is 8.34. The summed E-state index contributed by atoms with van der Waals surface area (Å²) in [6.07, 6.45) is 4.15. The second-order valence-corrected chi connectivity index (χ2v) is 9.82. The molecule has 156 valence electrons. The van der Waals surface area contributed by atoms with Crippen molar-refractivity contribution in [3.8, 4) is 0 Å². The van der Waals surface area contributed by atoms with Crippen LogP contribution in [0.25, 0.3) is 6.08 Å². The summed E-state index contributed by atoms with van der Waals surface area (Å²) in [5.74, 6) is 1.13. The van der Waals surface area contributed by atoms with Crippen LogP contribution in [0.4, 0.5) is 0 Å². The van der Waals surface area contributed by atoms with Crippen LogP contribution in [0.15, 0.2) is 36.4 Å². The highest BCUT2D eigenvalue weighted by molar-refractivity contribution is 7.92. The highest BCUT2D eigenvalue weighted by Crippen LogP contribution is 2.37. The Morgan fingerprint density at radius 2 is 1.79 bits per heavy atom. The van der Waals surface area contributed by atoms with Crippen molar-refractivity contribution < 1.29 is 23.2 Å². The van der Waals surface area contributed by atoms with E-state index in [9.17, 15) is 23.2 Å². The third-order valence-electron chi connectivity index (χ3n) is 4.82. The van der Waals surface area contributed by atoms with Crippen LogP contribution >= 0.6 is 0 Å². The minimum absolute atomic E-state index is 0.0294. The molecule has 0 bridgehead atoms. The van der Waals surface area contributed by atoms with Crippen molar-refractivity contribution in [3.63, 3.8) is 0 Å². The van der Waals surface area contributed by atoms with E-state index in [1.165, 1.54) is 18.5 Å². The molecule has 0 heterocycles. The number of hydrazine groups is 1. The zero-order valence-electron chi connectivity index (χ0n) is 16.5. The first-order valence-electron chi connectivity index (χ1n) is 8.86. The normalized spacial score (nSPS) is 16.4. The molecule has 0 aliphatic rings. The van der Waals surface area contributed by atoms with Crippen molar-refractivity contribution in [1.29, 1.82) is 0 Å². The summed E-state index contributed by atoms with van der Waals surface area (Å²) in [6, 6.07) is 8.95. The maximum atomic E-state index is 12.8. The van der Waals surface area contributed by atoms with Crippen LogP contribution in [-0.2, 0) is 19.4 Å². The third-order valence-corrected chi connectivity index (χ3v) is 6.81. The van der Waals surface area contributed by atoms with Crippen molar-refractivity contribution in [2.75, 3.05) is 6.26 Å². The molecular weight excluding hydrogens is 382 g/mol. The number of benzene rings is 1. The van der Waals surface area contributed by atoms with E-state index in [2.05, 4.69) is 0 Å². The molecule has 1 aromatic carbocycles. The van der Waals surface area contributed by atoms with E-state index < -0.39 is 38.2 Å². The van der Waals surface area contributed by atoms with Crippen molar-refractivity contribution in [1.82, 2.24) is 10.9 Å². The average Bonchev–Trinajstić information content (AvgIpc) is 2.64. The maximum Gasteiger partial charge on any atom is 0.249 e. The lowest BCUT2D eigenvalue weighted by atomic mass is 9.76. The molecule has 0 spiro atoms. The van der Waals surface area contributed by atoms with Gasteiger partial charge in [0, 0.05) is 6.26 Å². The molecule has 8 nitrogen and oxygen atoms in total. The number of sulfone groups is 1. The number of hydrogen-bond acceptors (Lipinski definition) is 6. The molecule has 1 rings (SSSR count). The molecule has 28 heavy (non-hydrogen) atoms. The summed E-state index contributed by atoms with van der Waals surface area (Å²) in [7, 11) is -3.89. The van der Waals surface area contributed by atoms with Gasteiger partial charge in [-0.05, 0) is 24.8 Å². The van der Waals surface area contributed by atoms with E-state index in [4.69, 9.17) is 5.84 Å². The Hall–Kier alpha value is -2.23. The molecule has 0 aliphatic heterocycles. The first-order chi connectivity index (χ1) is 13.0. The van der Waals surface area contributed by atoms with E-state index in [1.54, 1.807) is 30.3 Å². The zero-order valence-corrected chi connectivity index (χ0v) is 17.4. The van der Waals surface area contributed by atoms with Crippen LogP contribution in [0.2, 0.25) is 0 Å². The van der Waals surface area contributed by atoms with Gasteiger partial charge in [-0.15, -0.1) is 0 Å². The largest absolute Gasteiger partial charge is 0.294 e. The lowest BCUT2D eigenvalue weighted by molar-refractivity contribution is -0.141. The zero-order chi connectivity index (χ0) is 21.5. The molecule has 0 fully saturated rings. The quantitative estimate of drug-likeness (QED) is 0.209. The summed E-state index contributed by atoms with van der Waals surface area (Å²) in [5, 5.41) is 9.28. The van der Waals surface area contributed by atoms with Gasteiger partial charge >= 0.3 is 0 Å². The van der Waals surface area contributed by atoms with Gasteiger partial charge in [0.05, 0.1) is 16.6 Å². The van der Waals surface area contributed by atoms with Gasteiger partial charge < -0.3 is 0 Å². The van der Waals surface area contributed by atoms with E-state index in [0.29, 0.717) is 0 Å². The van der Waals surface area contributed by atoms with Gasteiger partial charge in [0.1, 0.15) is 0 Å². The first kappa shape index (κ1) is 23.8. The van der Waals surface area contributed by atoms with E-state index >= 15 is 0 Å². The molecule has 0 saturated heterocycles. The van der Waals surface area contributed by atoms with Crippen molar-refractivity contribution >= 4 is 27.7 Å². The summed E-state index contributed by atoms with van der Waals surface area (Å²) in [6.45, 7) is 5.03. The van der Waals surface area contributed by atoms with Crippen molar-refractivity contribution in [3.05, 3.63) is 42.0 Å². The number of carbonyl (C=O) groups is 2. The summed E-state index contributed by atoms with van der Waals surface area (Å²) in [5.41, 5.74) is 4.25. The average molecular weight is 412 g/mol. The monoisotopic (exact) mass is 411 g/mol. The predicted molar refractivity (Wildman–Crippen MR) is 107 cm³/mol. The van der Waals surface area contributed by atoms with Crippen LogP contribution < -0.4 is 16.7 Å². The van der Waals surface area contributed by atoms with Crippen molar-refractivity contribution in [2.45, 2.75) is 31.9 Å². The molecular formula is C19H29N3O5S. The van der Waals surface area contributed by atoms with Crippen LogP contribution in [0.5, 0.6) is 0 Å². The van der Waals surface area contributed by atoms with Gasteiger partial charge in [0.25, 0.3) is 0 Å². The standard InChI is InChI=1S/C19H29N3O5S/c1-13(2)12-15(17(23)21-20)16(18(24)22-25)19(3,28(4,26)27)11-10-14-8-6-5-7-9-14/h5-11,13,15-16,25H,12,20H2,1-4H3,(H,21,23)(H,22,24)/b11-10+/t15-,16+,19?/m1/s1. The number of hydroxylamine groups is 1. The highest BCUT2D eigenvalue weighted by atomic mass is 32.2. The minimum atomic E-state index is -3.89. The lowest BCUT2D eigenvalue weighted by Gasteiger charge is -2.37. The predicted octanol–water partition coefficient (Wildman–Crippen LogP) is 1.28. The maximum absolute atomic E-state index is 12.8. The SMILES string of the molecule is CC(C)C[C@@H](C(=O)NN)[C@@H](C(=O)NO)C(C)(/C=C/c1ccccc1)S(C)(=O)=O. The Balaban J connectivity index is 3.62. The number of nitrogens with two attached hydrogens (primary N) is 1. The molecule has 5 N–H and O–H groups in total. The van der Waals surface area contributed by atoms with Gasteiger partial charge in [-0.2, -0.15) is 0 Å². The number of rotatable bonds is 9. The molecule has 0 aromatic heterocycles. The van der Waals surface area contributed by atoms with Gasteiger partial charge in [0.15, 0.2) is 9.84 Å². The smallest absolute Gasteiger partial charge is 0.249 e. The Labute approximate surface area is 166 Å². The number of nitrogens with one attached hydrogen (secondary N) is 2. The summed E-state index contributed by atoms with van der Waals surface area (Å²) < 4.78 is 23.7. The van der Waals surface area contributed by atoms with Gasteiger partial charge in [0.2, 0.25) is 11.8 Å². The number of hydrogen-bond donors (Lipinski definition) is 4. The van der Waals surface area contributed by atoms with E-state index in [1.807, 2.05) is 25.3 Å². The number of amides is 2. The fourth-order valence-corrected chi connectivity index (χ4v) is 4.25. The summed E-state index contributed by atoms with van der Waals surface area (Å²) >= 11 is 0. The molecule has 0 saturated carbocycles. The Morgan fingerprint density at radius 1 is 1.21 bits per heavy atom. The Bertz CT molecular complexity index is 808. The van der Waals surface area contributed by atoms with E-state index in [0.717, 1.165) is 11.8 Å². The molecule has 1 unspecified atom stereocenters. The molecule has 0 radical (unpaired) electrons. The van der Waals surface area contributed by atoms with Crippen LogP contribution in [0, 0.1) is 17.8 Å². The first-order valence-corrected chi connectivity index (χ1v) is 10.7. The van der Waals surface area contributed by atoms with Crippen LogP contribution in [0.1, 0.15) is 32.8 Å². The van der Waals surface area contributed by atoms with Gasteiger partial charge in [-0.3, -0.25) is 20.2 Å². The second-order valence-electron chi connectivity index (χ2n) is 7.40. The molecule has 0 aliphatic carbocycles. The molecule has 1 aromatic rings. The lowest BCUT2D eigenvalue weighted by Crippen LogP contribution is -2.55. The van der Waals surface area contributed by atoms with Crippen LogP contribution in [-0.4, -0.2) is 36.4 Å². The topological polar surface area (TPSA) is 139 Å². The van der Waals surface area contributed by atoms with Gasteiger partial charge in [-0.1, -0.05) is 56.3 Å². The minimum Gasteiger partial charge on any atom is -0.294 e. The molecule has 3 atom stereocenters. The Morgan fingerprint density at radius 3 is 2.21 bits per heavy atom. The number of carbonyl (C=O) groups excluding carboxylic acids is 2. The molecule has 2 amide bonds. The highest BCUT2D eigenvalue weighted by Gasteiger charge is 2.51. The fourth-order valence-electron chi connectivity index (χ4n) is 3.21. The van der Waals surface area contributed by atoms with Crippen LogP contribution in [0.3, 0.4) is 0 Å². The summed E-state index contributed by atoms with van der Waals surface area (Å²) in [4.78, 5) is 25.0. The fraction of sp³-hybridized carbons (Fsp3) is 0.474. The molecule has 9 heteroatoms. The van der Waals surface area contributed by atoms with E-state index in [-0.39, 0.29) is 12.3 Å². The third kappa shape index (κ3) is 5.63. The van der Waals surface area contributed by atoms with Gasteiger partial charge in [-0.25, -0.2) is 19.7 Å². The second kappa shape index (κ2) is 9.81.